The summed E-state index contributed by atoms with van der Waals surface area (Å²) in [5, 5.41) is 15.3. The van der Waals surface area contributed by atoms with Gasteiger partial charge in [-0.25, -0.2) is 4.79 Å². The third-order valence-electron chi connectivity index (χ3n) is 5.22. The molecule has 2 N–H and O–H groups in total. The van der Waals surface area contributed by atoms with E-state index in [1.807, 2.05) is 12.1 Å². The molecule has 0 aliphatic heterocycles. The number of aromatic nitrogens is 1. The molecule has 0 saturated heterocycles. The number of alkyl halides is 3. The minimum atomic E-state index is -4.81. The molecule has 2 aromatic carbocycles. The number of halogens is 3. The van der Waals surface area contributed by atoms with E-state index in [9.17, 15) is 22.8 Å². The molecule has 192 valence electrons. The summed E-state index contributed by atoms with van der Waals surface area (Å²) in [4.78, 5) is 23.5. The normalized spacial score (nSPS) is 13.1. The van der Waals surface area contributed by atoms with Crippen LogP contribution in [0.2, 0.25) is 0 Å². The van der Waals surface area contributed by atoms with Crippen LogP contribution < -0.4 is 5.32 Å². The molecule has 0 spiro atoms. The molecule has 3 aromatic rings. The van der Waals surface area contributed by atoms with E-state index in [1.54, 1.807) is 32.0 Å². The second kappa shape index (κ2) is 12.0. The van der Waals surface area contributed by atoms with Gasteiger partial charge in [-0.2, -0.15) is 24.9 Å². The van der Waals surface area contributed by atoms with Crippen LogP contribution >= 0.6 is 11.8 Å². The molecule has 2 unspecified atom stereocenters. The van der Waals surface area contributed by atoms with Crippen LogP contribution in [0.25, 0.3) is 11.3 Å². The maximum absolute atomic E-state index is 13.6. The van der Waals surface area contributed by atoms with Gasteiger partial charge in [-0.15, -0.1) is 0 Å². The van der Waals surface area contributed by atoms with Gasteiger partial charge in [0.05, 0.1) is 5.92 Å². The number of carbonyl (C=O) groups excluding carboxylic acids is 1. The highest BCUT2D eigenvalue weighted by molar-refractivity contribution is 7.98. The molecule has 0 aliphatic rings. The van der Waals surface area contributed by atoms with E-state index in [2.05, 4.69) is 10.5 Å². The summed E-state index contributed by atoms with van der Waals surface area (Å²) in [7, 11) is 0. The van der Waals surface area contributed by atoms with E-state index < -0.39 is 30.3 Å². The summed E-state index contributed by atoms with van der Waals surface area (Å²) in [5.41, 5.74) is 1.79. The molecule has 1 amide bonds. The maximum atomic E-state index is 13.6. The van der Waals surface area contributed by atoms with Crippen LogP contribution in [0.5, 0.6) is 0 Å². The van der Waals surface area contributed by atoms with Crippen molar-refractivity contribution in [3.05, 3.63) is 71.4 Å². The standard InChI is InChI=1S/C25H25F3N2O5S/c1-3-19-20(29-24(33)34-22(25(26,27)28)18-7-5-4-6-8-18)21(35-30-19)17-11-9-16(10-12-17)14-36-13-15(2)23(31)32/h4-12,15,22H,3,13-14H2,1-2H3,(H,29,33)(H,31,32). The van der Waals surface area contributed by atoms with Gasteiger partial charge in [0.25, 0.3) is 0 Å². The number of nitrogens with one attached hydrogen (secondary N) is 1. The first kappa shape index (κ1) is 27.1. The summed E-state index contributed by atoms with van der Waals surface area (Å²) in [6, 6.07) is 14.0. The Labute approximate surface area is 210 Å². The molecule has 3 rings (SSSR count). The number of carbonyl (C=O) groups is 2. The Bertz CT molecular complexity index is 1170. The monoisotopic (exact) mass is 522 g/mol. The lowest BCUT2D eigenvalue weighted by molar-refractivity contribution is -0.205. The topological polar surface area (TPSA) is 102 Å². The van der Waals surface area contributed by atoms with Crippen molar-refractivity contribution in [1.82, 2.24) is 5.16 Å². The van der Waals surface area contributed by atoms with Gasteiger partial charge in [-0.3, -0.25) is 10.1 Å². The first-order chi connectivity index (χ1) is 17.1. The van der Waals surface area contributed by atoms with E-state index >= 15 is 0 Å². The van der Waals surface area contributed by atoms with Crippen LogP contribution in [-0.4, -0.2) is 34.3 Å². The molecule has 7 nitrogen and oxygen atoms in total. The molecule has 0 bridgehead atoms. The number of aliphatic carboxylic acids is 1. The predicted octanol–water partition coefficient (Wildman–Crippen LogP) is 6.71. The average Bonchev–Trinajstić information content (AvgIpc) is 3.25. The molecule has 1 heterocycles. The first-order valence-electron chi connectivity index (χ1n) is 11.1. The number of aryl methyl sites for hydroxylation is 1. The summed E-state index contributed by atoms with van der Waals surface area (Å²) in [6.45, 7) is 3.41. The number of nitrogens with zero attached hydrogens (tertiary/aromatic N) is 1. The van der Waals surface area contributed by atoms with Gasteiger partial charge in [0.1, 0.15) is 11.4 Å². The van der Waals surface area contributed by atoms with Crippen LogP contribution in [-0.2, 0) is 21.7 Å². The third kappa shape index (κ3) is 7.03. The van der Waals surface area contributed by atoms with E-state index in [1.165, 1.54) is 36.0 Å². The fraction of sp³-hybridized carbons (Fsp3) is 0.320. The lowest BCUT2D eigenvalue weighted by atomic mass is 10.1. The van der Waals surface area contributed by atoms with Gasteiger partial charge in [-0.05, 0) is 12.0 Å². The van der Waals surface area contributed by atoms with Crippen molar-refractivity contribution >= 4 is 29.5 Å². The van der Waals surface area contributed by atoms with Crippen molar-refractivity contribution in [2.45, 2.75) is 38.3 Å². The zero-order valence-electron chi connectivity index (χ0n) is 19.5. The van der Waals surface area contributed by atoms with Gasteiger partial charge >= 0.3 is 18.2 Å². The number of anilines is 1. The number of rotatable bonds is 10. The van der Waals surface area contributed by atoms with Crippen LogP contribution in [0.1, 0.15) is 36.8 Å². The molecular formula is C25H25F3N2O5S. The SMILES string of the molecule is CCc1noc(-c2ccc(CSCC(C)C(=O)O)cc2)c1NC(=O)OC(c1ccccc1)C(F)(F)F. The highest BCUT2D eigenvalue weighted by Gasteiger charge is 2.44. The van der Waals surface area contributed by atoms with Crippen molar-refractivity contribution in [2.75, 3.05) is 11.1 Å². The Kier molecular flexibility index (Phi) is 9.03. The molecular weight excluding hydrogens is 497 g/mol. The average molecular weight is 523 g/mol. The maximum Gasteiger partial charge on any atom is 0.429 e. The number of benzene rings is 2. The van der Waals surface area contributed by atoms with E-state index in [-0.39, 0.29) is 17.0 Å². The lowest BCUT2D eigenvalue weighted by Gasteiger charge is -2.21. The molecule has 0 saturated carbocycles. The minimum absolute atomic E-state index is 0.133. The molecule has 2 atom stereocenters. The molecule has 0 aliphatic carbocycles. The van der Waals surface area contributed by atoms with Crippen LogP contribution in [0, 0.1) is 5.92 Å². The Balaban J connectivity index is 1.74. The van der Waals surface area contributed by atoms with Crippen molar-refractivity contribution in [3.63, 3.8) is 0 Å². The van der Waals surface area contributed by atoms with Gasteiger partial charge in [0, 0.05) is 22.6 Å². The first-order valence-corrected chi connectivity index (χ1v) is 12.2. The smallest absolute Gasteiger partial charge is 0.429 e. The molecule has 0 radical (unpaired) electrons. The van der Waals surface area contributed by atoms with E-state index in [0.717, 1.165) is 5.56 Å². The number of hydrogen-bond acceptors (Lipinski definition) is 6. The minimum Gasteiger partial charge on any atom is -0.481 e. The van der Waals surface area contributed by atoms with Gasteiger partial charge in [0.2, 0.25) is 6.10 Å². The van der Waals surface area contributed by atoms with Gasteiger partial charge < -0.3 is 14.4 Å². The lowest BCUT2D eigenvalue weighted by Crippen LogP contribution is -2.28. The van der Waals surface area contributed by atoms with E-state index in [0.29, 0.717) is 29.2 Å². The zero-order valence-corrected chi connectivity index (χ0v) is 20.4. The molecule has 0 fully saturated rings. The Hall–Kier alpha value is -3.47. The number of carboxylic acids is 1. The second-order valence-corrected chi connectivity index (χ2v) is 9.03. The fourth-order valence-corrected chi connectivity index (χ4v) is 4.30. The largest absolute Gasteiger partial charge is 0.481 e. The number of carboxylic acid groups (broad SMARTS) is 1. The van der Waals surface area contributed by atoms with Crippen molar-refractivity contribution in [1.29, 1.82) is 0 Å². The van der Waals surface area contributed by atoms with Crippen molar-refractivity contribution < 1.29 is 37.1 Å². The number of hydrogen-bond donors (Lipinski definition) is 2. The third-order valence-corrected chi connectivity index (χ3v) is 6.50. The number of amides is 1. The number of thioether (sulfide) groups is 1. The van der Waals surface area contributed by atoms with Gasteiger partial charge in [0.15, 0.2) is 5.76 Å². The summed E-state index contributed by atoms with van der Waals surface area (Å²) < 4.78 is 50.9. The Morgan fingerprint density at radius 1 is 1.14 bits per heavy atom. The van der Waals surface area contributed by atoms with Crippen LogP contribution in [0.4, 0.5) is 23.7 Å². The Morgan fingerprint density at radius 3 is 2.39 bits per heavy atom. The van der Waals surface area contributed by atoms with Gasteiger partial charge in [-0.1, -0.05) is 73.6 Å². The fourth-order valence-electron chi connectivity index (χ4n) is 3.26. The predicted molar refractivity (Wildman–Crippen MR) is 130 cm³/mol. The molecule has 1 aromatic heterocycles. The van der Waals surface area contributed by atoms with E-state index in [4.69, 9.17) is 14.4 Å². The summed E-state index contributed by atoms with van der Waals surface area (Å²) in [5.74, 6) is -0.0470. The van der Waals surface area contributed by atoms with Crippen molar-refractivity contribution in [3.8, 4) is 11.3 Å². The number of ether oxygens (including phenoxy) is 1. The summed E-state index contributed by atoms with van der Waals surface area (Å²) >= 11 is 1.49. The zero-order chi connectivity index (χ0) is 26.3. The Morgan fingerprint density at radius 2 is 1.81 bits per heavy atom. The molecule has 36 heavy (non-hydrogen) atoms. The second-order valence-electron chi connectivity index (χ2n) is 8.00. The highest BCUT2D eigenvalue weighted by Crippen LogP contribution is 2.37. The van der Waals surface area contributed by atoms with Crippen molar-refractivity contribution in [2.24, 2.45) is 5.92 Å². The van der Waals surface area contributed by atoms with Crippen LogP contribution in [0.3, 0.4) is 0 Å². The highest BCUT2D eigenvalue weighted by atomic mass is 32.2. The quantitative estimate of drug-likeness (QED) is 0.305. The summed E-state index contributed by atoms with van der Waals surface area (Å²) in [6.07, 6.45) is -8.18. The molecule has 11 heteroatoms. The van der Waals surface area contributed by atoms with Crippen LogP contribution in [0.15, 0.2) is 59.1 Å².